The highest BCUT2D eigenvalue weighted by atomic mass is 35.5. The Morgan fingerprint density at radius 3 is 2.39 bits per heavy atom. The molecule has 1 saturated heterocycles. The van der Waals surface area contributed by atoms with Gasteiger partial charge in [-0.1, -0.05) is 29.8 Å². The number of sulfone groups is 1. The summed E-state index contributed by atoms with van der Waals surface area (Å²) in [5.41, 5.74) is 1.07. The van der Waals surface area contributed by atoms with Crippen molar-refractivity contribution in [2.24, 2.45) is 0 Å². The fraction of sp³-hybridized carbons (Fsp3) is 0.222. The maximum Gasteiger partial charge on any atom is 0.315 e. The standard InChI is InChI=1S/C18H17ClFN3O4S/c1-28(26,27)12-5-2-10(3-6-12)16(11-4-7-14(20)13(19)8-11)23-17(24)15-9-21-18(25)22-15/h2-8,15-16H,9H2,1H3,(H,23,24)(H2,21,22,25)/t15?,16-/m1/s1. The first-order valence-corrected chi connectivity index (χ1v) is 10.5. The van der Waals surface area contributed by atoms with Crippen LogP contribution in [0.25, 0.3) is 0 Å². The first-order chi connectivity index (χ1) is 13.1. The monoisotopic (exact) mass is 425 g/mol. The molecule has 10 heteroatoms. The van der Waals surface area contributed by atoms with Crippen molar-refractivity contribution in [1.29, 1.82) is 0 Å². The van der Waals surface area contributed by atoms with E-state index in [-0.39, 0.29) is 16.5 Å². The quantitative estimate of drug-likeness (QED) is 0.679. The molecule has 7 nitrogen and oxygen atoms in total. The smallest absolute Gasteiger partial charge is 0.315 e. The molecule has 0 spiro atoms. The minimum absolute atomic E-state index is 0.111. The van der Waals surface area contributed by atoms with E-state index in [1.54, 1.807) is 12.1 Å². The van der Waals surface area contributed by atoms with Crippen LogP contribution in [0.3, 0.4) is 0 Å². The third-order valence-electron chi connectivity index (χ3n) is 4.29. The van der Waals surface area contributed by atoms with Crippen molar-refractivity contribution >= 4 is 33.4 Å². The van der Waals surface area contributed by atoms with Crippen LogP contribution in [0.1, 0.15) is 17.2 Å². The highest BCUT2D eigenvalue weighted by Gasteiger charge is 2.29. The van der Waals surface area contributed by atoms with E-state index >= 15 is 0 Å². The van der Waals surface area contributed by atoms with Gasteiger partial charge in [-0.3, -0.25) is 4.79 Å². The molecule has 1 unspecified atom stereocenters. The van der Waals surface area contributed by atoms with Crippen molar-refractivity contribution in [2.75, 3.05) is 12.8 Å². The molecular weight excluding hydrogens is 409 g/mol. The molecule has 1 heterocycles. The van der Waals surface area contributed by atoms with Crippen LogP contribution in [-0.4, -0.2) is 39.2 Å². The van der Waals surface area contributed by atoms with E-state index in [1.165, 1.54) is 30.3 Å². The van der Waals surface area contributed by atoms with Gasteiger partial charge in [-0.05, 0) is 35.4 Å². The van der Waals surface area contributed by atoms with Gasteiger partial charge in [0, 0.05) is 12.8 Å². The van der Waals surface area contributed by atoms with Crippen LogP contribution >= 0.6 is 11.6 Å². The van der Waals surface area contributed by atoms with Crippen molar-refractivity contribution in [3.05, 3.63) is 64.4 Å². The second kappa shape index (κ2) is 7.76. The molecule has 0 bridgehead atoms. The lowest BCUT2D eigenvalue weighted by Gasteiger charge is -2.22. The third kappa shape index (κ3) is 4.42. The summed E-state index contributed by atoms with van der Waals surface area (Å²) in [4.78, 5) is 24.0. The number of hydrogen-bond acceptors (Lipinski definition) is 4. The topological polar surface area (TPSA) is 104 Å². The van der Waals surface area contributed by atoms with E-state index in [0.717, 1.165) is 6.26 Å². The molecule has 3 rings (SSSR count). The predicted molar refractivity (Wildman–Crippen MR) is 101 cm³/mol. The molecule has 2 aromatic rings. The van der Waals surface area contributed by atoms with Crippen molar-refractivity contribution in [3.8, 4) is 0 Å². The largest absolute Gasteiger partial charge is 0.343 e. The minimum Gasteiger partial charge on any atom is -0.343 e. The van der Waals surface area contributed by atoms with Crippen LogP contribution < -0.4 is 16.0 Å². The molecular formula is C18H17ClFN3O4S. The van der Waals surface area contributed by atoms with Crippen LogP contribution in [0.2, 0.25) is 5.02 Å². The molecule has 1 aliphatic rings. The third-order valence-corrected chi connectivity index (χ3v) is 5.71. The number of benzene rings is 2. The number of halogens is 2. The maximum atomic E-state index is 13.6. The first kappa shape index (κ1) is 20.1. The summed E-state index contributed by atoms with van der Waals surface area (Å²) in [5, 5.41) is 7.66. The summed E-state index contributed by atoms with van der Waals surface area (Å²) in [6.07, 6.45) is 1.09. The van der Waals surface area contributed by atoms with E-state index in [0.29, 0.717) is 11.1 Å². The van der Waals surface area contributed by atoms with Crippen molar-refractivity contribution in [3.63, 3.8) is 0 Å². The van der Waals surface area contributed by atoms with Gasteiger partial charge >= 0.3 is 6.03 Å². The van der Waals surface area contributed by atoms with E-state index in [2.05, 4.69) is 16.0 Å². The van der Waals surface area contributed by atoms with Crippen LogP contribution in [0.15, 0.2) is 47.4 Å². The van der Waals surface area contributed by atoms with E-state index in [4.69, 9.17) is 11.6 Å². The van der Waals surface area contributed by atoms with Crippen LogP contribution in [0, 0.1) is 5.82 Å². The van der Waals surface area contributed by atoms with Gasteiger partial charge in [0.25, 0.3) is 0 Å². The zero-order valence-electron chi connectivity index (χ0n) is 14.7. The lowest BCUT2D eigenvalue weighted by atomic mass is 9.98. The summed E-state index contributed by atoms with van der Waals surface area (Å²) >= 11 is 5.88. The molecule has 2 atom stereocenters. The molecule has 1 fully saturated rings. The summed E-state index contributed by atoms with van der Waals surface area (Å²) in [6, 6.07) is 8.08. The average Bonchev–Trinajstić information content (AvgIpc) is 3.08. The second-order valence-corrected chi connectivity index (χ2v) is 8.79. The van der Waals surface area contributed by atoms with E-state index in [1.807, 2.05) is 0 Å². The Labute approximate surface area is 166 Å². The van der Waals surface area contributed by atoms with Gasteiger partial charge in [-0.2, -0.15) is 0 Å². The number of amides is 3. The Morgan fingerprint density at radius 2 is 1.86 bits per heavy atom. The van der Waals surface area contributed by atoms with Crippen molar-refractivity contribution in [1.82, 2.24) is 16.0 Å². The molecule has 0 saturated carbocycles. The Hall–Kier alpha value is -2.65. The predicted octanol–water partition coefficient (Wildman–Crippen LogP) is 1.77. The second-order valence-electron chi connectivity index (χ2n) is 6.36. The zero-order chi connectivity index (χ0) is 20.5. The molecule has 28 heavy (non-hydrogen) atoms. The number of rotatable bonds is 5. The number of carbonyl (C=O) groups is 2. The zero-order valence-corrected chi connectivity index (χ0v) is 16.3. The van der Waals surface area contributed by atoms with Gasteiger partial charge in [0.05, 0.1) is 16.0 Å². The van der Waals surface area contributed by atoms with Gasteiger partial charge in [-0.25, -0.2) is 17.6 Å². The molecule has 1 aliphatic heterocycles. The molecule has 3 N–H and O–H groups in total. The molecule has 0 radical (unpaired) electrons. The van der Waals surface area contributed by atoms with E-state index in [9.17, 15) is 22.4 Å². The Kier molecular flexibility index (Phi) is 5.57. The molecule has 2 aromatic carbocycles. The molecule has 3 amide bonds. The minimum atomic E-state index is -3.38. The fourth-order valence-electron chi connectivity index (χ4n) is 2.81. The Bertz CT molecular complexity index is 1030. The Balaban J connectivity index is 1.95. The van der Waals surface area contributed by atoms with Crippen molar-refractivity contribution < 1.29 is 22.4 Å². The van der Waals surface area contributed by atoms with E-state index < -0.39 is 39.7 Å². The summed E-state index contributed by atoms with van der Waals surface area (Å²) in [5.74, 6) is -1.05. The highest BCUT2D eigenvalue weighted by Crippen LogP contribution is 2.27. The highest BCUT2D eigenvalue weighted by molar-refractivity contribution is 7.90. The van der Waals surface area contributed by atoms with Gasteiger partial charge < -0.3 is 16.0 Å². The number of hydrogen-bond donors (Lipinski definition) is 3. The number of carbonyl (C=O) groups excluding carboxylic acids is 2. The van der Waals surface area contributed by atoms with Crippen LogP contribution in [0.5, 0.6) is 0 Å². The Morgan fingerprint density at radius 1 is 1.21 bits per heavy atom. The lowest BCUT2D eigenvalue weighted by molar-refractivity contribution is -0.122. The normalized spacial score (nSPS) is 17.5. The van der Waals surface area contributed by atoms with Crippen molar-refractivity contribution in [2.45, 2.75) is 17.0 Å². The molecule has 0 aromatic heterocycles. The van der Waals surface area contributed by atoms with Gasteiger partial charge in [0.1, 0.15) is 11.9 Å². The van der Waals surface area contributed by atoms with Gasteiger partial charge in [0.15, 0.2) is 9.84 Å². The maximum absolute atomic E-state index is 13.6. The number of urea groups is 1. The van der Waals surface area contributed by atoms with Gasteiger partial charge in [-0.15, -0.1) is 0 Å². The lowest BCUT2D eigenvalue weighted by Crippen LogP contribution is -2.44. The summed E-state index contributed by atoms with van der Waals surface area (Å²) < 4.78 is 36.9. The average molecular weight is 426 g/mol. The SMILES string of the molecule is CS(=O)(=O)c1ccc([C@@H](NC(=O)C2CNC(=O)N2)c2ccc(F)c(Cl)c2)cc1. The van der Waals surface area contributed by atoms with Crippen LogP contribution in [0.4, 0.5) is 9.18 Å². The van der Waals surface area contributed by atoms with Gasteiger partial charge in [0.2, 0.25) is 5.91 Å². The molecule has 0 aliphatic carbocycles. The summed E-state index contributed by atoms with van der Waals surface area (Å²) in [6.45, 7) is 0.134. The molecule has 148 valence electrons. The summed E-state index contributed by atoms with van der Waals surface area (Å²) in [7, 11) is -3.38. The first-order valence-electron chi connectivity index (χ1n) is 8.25. The number of nitrogens with one attached hydrogen (secondary N) is 3. The fourth-order valence-corrected chi connectivity index (χ4v) is 3.63. The van der Waals surface area contributed by atoms with Crippen LogP contribution in [-0.2, 0) is 14.6 Å².